The molecule has 1 aromatic carbocycles. The minimum atomic E-state index is 0.196. The molecule has 3 rings (SSSR count). The Balaban J connectivity index is 2.22. The highest BCUT2D eigenvalue weighted by Crippen LogP contribution is 2.31. The van der Waals surface area contributed by atoms with Crippen LogP contribution in [0.2, 0.25) is 0 Å². The van der Waals surface area contributed by atoms with Crippen molar-refractivity contribution in [1.29, 1.82) is 0 Å². The summed E-state index contributed by atoms with van der Waals surface area (Å²) in [5.74, 6) is 1.76. The predicted molar refractivity (Wildman–Crippen MR) is 76.5 cm³/mol. The number of imidazole rings is 1. The van der Waals surface area contributed by atoms with Gasteiger partial charge in [0, 0.05) is 11.8 Å². The molecule has 0 atom stereocenters. The number of rotatable bonds is 2. The number of aromatic hydroxyl groups is 1. The van der Waals surface area contributed by atoms with Gasteiger partial charge in [-0.15, -0.1) is 0 Å². The first-order valence-corrected chi connectivity index (χ1v) is 6.50. The fraction of sp³-hybridized carbons (Fsp3) is 0.0714. The number of pyridine rings is 1. The maximum atomic E-state index is 9.88. The second-order valence-electron chi connectivity index (χ2n) is 4.07. The second-order valence-corrected chi connectivity index (χ2v) is 4.82. The van der Waals surface area contributed by atoms with E-state index in [0.717, 1.165) is 17.1 Å². The summed E-state index contributed by atoms with van der Waals surface area (Å²) in [5, 5.41) is 9.88. The molecule has 0 saturated carbocycles. The molecule has 2 aromatic heterocycles. The first kappa shape index (κ1) is 12.0. The average molecular weight is 319 g/mol. The Hall–Kier alpha value is -2.01. The van der Waals surface area contributed by atoms with E-state index in [1.54, 1.807) is 19.2 Å². The number of ether oxygens (including phenoxy) is 1. The SMILES string of the molecule is COc1ccc(-c2nc(Br)c3c(O)cccn23)cc1. The topological polar surface area (TPSA) is 46.8 Å². The molecule has 0 bridgehead atoms. The molecule has 19 heavy (non-hydrogen) atoms. The molecule has 4 nitrogen and oxygen atoms in total. The van der Waals surface area contributed by atoms with Crippen LogP contribution in [-0.2, 0) is 0 Å². The lowest BCUT2D eigenvalue weighted by molar-refractivity contribution is 0.415. The van der Waals surface area contributed by atoms with Gasteiger partial charge in [-0.25, -0.2) is 4.98 Å². The molecule has 0 saturated heterocycles. The summed E-state index contributed by atoms with van der Waals surface area (Å²) in [5.41, 5.74) is 1.61. The van der Waals surface area contributed by atoms with Crippen molar-refractivity contribution < 1.29 is 9.84 Å². The Morgan fingerprint density at radius 1 is 1.21 bits per heavy atom. The van der Waals surface area contributed by atoms with Gasteiger partial charge < -0.3 is 9.84 Å². The van der Waals surface area contributed by atoms with Gasteiger partial charge in [-0.1, -0.05) is 0 Å². The Bertz CT molecular complexity index is 735. The number of methoxy groups -OCH3 is 1. The van der Waals surface area contributed by atoms with Crippen LogP contribution in [0.15, 0.2) is 47.2 Å². The monoisotopic (exact) mass is 318 g/mol. The van der Waals surface area contributed by atoms with Crippen LogP contribution in [0, 0.1) is 0 Å². The van der Waals surface area contributed by atoms with E-state index < -0.39 is 0 Å². The molecule has 0 fully saturated rings. The fourth-order valence-corrected chi connectivity index (χ4v) is 2.58. The molecule has 0 aliphatic heterocycles. The number of fused-ring (bicyclic) bond motifs is 1. The highest BCUT2D eigenvalue weighted by atomic mass is 79.9. The molecular weight excluding hydrogens is 308 g/mol. The normalized spacial score (nSPS) is 10.8. The van der Waals surface area contributed by atoms with Gasteiger partial charge in [0.1, 0.15) is 27.4 Å². The van der Waals surface area contributed by atoms with Crippen LogP contribution in [0.1, 0.15) is 0 Å². The van der Waals surface area contributed by atoms with Crippen LogP contribution in [0.3, 0.4) is 0 Å². The van der Waals surface area contributed by atoms with Gasteiger partial charge >= 0.3 is 0 Å². The third kappa shape index (κ3) is 1.96. The van der Waals surface area contributed by atoms with Crippen LogP contribution >= 0.6 is 15.9 Å². The number of halogens is 1. The zero-order valence-corrected chi connectivity index (χ0v) is 11.8. The summed E-state index contributed by atoms with van der Waals surface area (Å²) in [4.78, 5) is 4.46. The van der Waals surface area contributed by atoms with Crippen LogP contribution in [0.5, 0.6) is 11.5 Å². The van der Waals surface area contributed by atoms with E-state index in [-0.39, 0.29) is 5.75 Å². The molecule has 0 aliphatic rings. The number of nitrogens with zero attached hydrogens (tertiary/aromatic N) is 2. The molecule has 2 heterocycles. The lowest BCUT2D eigenvalue weighted by Crippen LogP contribution is -1.89. The summed E-state index contributed by atoms with van der Waals surface area (Å²) in [7, 11) is 1.63. The maximum absolute atomic E-state index is 9.88. The summed E-state index contributed by atoms with van der Waals surface area (Å²) < 4.78 is 7.61. The molecule has 0 amide bonds. The molecule has 3 aromatic rings. The standard InChI is InChI=1S/C14H11BrN2O2/c1-19-10-6-4-9(5-7-10)14-16-13(15)12-11(18)3-2-8-17(12)14/h2-8,18H,1H3. The van der Waals surface area contributed by atoms with Crippen molar-refractivity contribution >= 4 is 21.4 Å². The van der Waals surface area contributed by atoms with E-state index in [9.17, 15) is 5.11 Å². The Morgan fingerprint density at radius 2 is 1.95 bits per heavy atom. The molecule has 0 spiro atoms. The molecule has 0 aliphatic carbocycles. The van der Waals surface area contributed by atoms with Gasteiger partial charge in [-0.05, 0) is 52.3 Å². The van der Waals surface area contributed by atoms with Crippen molar-refractivity contribution in [3.05, 3.63) is 47.2 Å². The third-order valence-corrected chi connectivity index (χ3v) is 3.50. The molecule has 5 heteroatoms. The fourth-order valence-electron chi connectivity index (χ4n) is 2.02. The molecule has 0 unspecified atom stereocenters. The average Bonchev–Trinajstić information content (AvgIpc) is 2.78. The largest absolute Gasteiger partial charge is 0.506 e. The molecular formula is C14H11BrN2O2. The van der Waals surface area contributed by atoms with Gasteiger partial charge in [0.05, 0.1) is 7.11 Å². The summed E-state index contributed by atoms with van der Waals surface area (Å²) in [6.45, 7) is 0. The summed E-state index contributed by atoms with van der Waals surface area (Å²) >= 11 is 3.38. The van der Waals surface area contributed by atoms with Gasteiger partial charge in [0.2, 0.25) is 0 Å². The summed E-state index contributed by atoms with van der Waals surface area (Å²) in [6.07, 6.45) is 1.87. The highest BCUT2D eigenvalue weighted by molar-refractivity contribution is 9.10. The highest BCUT2D eigenvalue weighted by Gasteiger charge is 2.13. The number of hydrogen-bond acceptors (Lipinski definition) is 3. The number of hydrogen-bond donors (Lipinski definition) is 1. The van der Waals surface area contributed by atoms with E-state index >= 15 is 0 Å². The van der Waals surface area contributed by atoms with Crippen molar-refractivity contribution in [2.75, 3.05) is 7.11 Å². The Labute approximate surface area is 118 Å². The van der Waals surface area contributed by atoms with Gasteiger partial charge in [0.25, 0.3) is 0 Å². The van der Waals surface area contributed by atoms with Crippen molar-refractivity contribution in [1.82, 2.24) is 9.38 Å². The van der Waals surface area contributed by atoms with E-state index in [0.29, 0.717) is 10.1 Å². The lowest BCUT2D eigenvalue weighted by Gasteiger charge is -2.03. The van der Waals surface area contributed by atoms with E-state index in [4.69, 9.17) is 4.74 Å². The number of benzene rings is 1. The summed E-state index contributed by atoms with van der Waals surface area (Å²) in [6, 6.07) is 11.1. The van der Waals surface area contributed by atoms with Crippen molar-refractivity contribution in [2.45, 2.75) is 0 Å². The third-order valence-electron chi connectivity index (χ3n) is 2.95. The van der Waals surface area contributed by atoms with Crippen molar-refractivity contribution in [3.63, 3.8) is 0 Å². The minimum absolute atomic E-state index is 0.196. The van der Waals surface area contributed by atoms with Crippen LogP contribution in [0.4, 0.5) is 0 Å². The first-order valence-electron chi connectivity index (χ1n) is 5.70. The maximum Gasteiger partial charge on any atom is 0.146 e. The molecule has 0 radical (unpaired) electrons. The quantitative estimate of drug-likeness (QED) is 0.787. The van der Waals surface area contributed by atoms with Gasteiger partial charge in [0.15, 0.2) is 0 Å². The Morgan fingerprint density at radius 3 is 2.63 bits per heavy atom. The predicted octanol–water partition coefficient (Wildman–Crippen LogP) is 3.48. The van der Waals surface area contributed by atoms with Gasteiger partial charge in [-0.2, -0.15) is 0 Å². The minimum Gasteiger partial charge on any atom is -0.506 e. The van der Waals surface area contributed by atoms with E-state index in [2.05, 4.69) is 20.9 Å². The van der Waals surface area contributed by atoms with E-state index in [1.807, 2.05) is 34.9 Å². The molecule has 1 N–H and O–H groups in total. The van der Waals surface area contributed by atoms with Crippen molar-refractivity contribution in [3.8, 4) is 22.9 Å². The van der Waals surface area contributed by atoms with E-state index in [1.165, 1.54) is 0 Å². The smallest absolute Gasteiger partial charge is 0.146 e. The number of aromatic nitrogens is 2. The molecule has 96 valence electrons. The van der Waals surface area contributed by atoms with Crippen LogP contribution < -0.4 is 4.74 Å². The first-order chi connectivity index (χ1) is 9.20. The van der Waals surface area contributed by atoms with Crippen LogP contribution in [0.25, 0.3) is 16.9 Å². The van der Waals surface area contributed by atoms with Gasteiger partial charge in [-0.3, -0.25) is 4.40 Å². The van der Waals surface area contributed by atoms with Crippen LogP contribution in [-0.4, -0.2) is 21.6 Å². The second kappa shape index (κ2) is 4.59. The zero-order valence-electron chi connectivity index (χ0n) is 10.2. The van der Waals surface area contributed by atoms with Crippen molar-refractivity contribution in [2.24, 2.45) is 0 Å². The Kier molecular flexibility index (Phi) is 2.91. The zero-order chi connectivity index (χ0) is 13.4. The lowest BCUT2D eigenvalue weighted by atomic mass is 10.2.